The molecule has 0 N–H and O–H groups in total. The molecule has 0 spiro atoms. The van der Waals surface area contributed by atoms with E-state index in [-0.39, 0.29) is 5.78 Å². The highest BCUT2D eigenvalue weighted by Gasteiger charge is 2.17. The van der Waals surface area contributed by atoms with E-state index in [2.05, 4.69) is 31.9 Å². The van der Waals surface area contributed by atoms with Crippen molar-refractivity contribution in [2.24, 2.45) is 0 Å². The van der Waals surface area contributed by atoms with E-state index in [1.54, 1.807) is 12.1 Å². The molecule has 0 aromatic carbocycles. The van der Waals surface area contributed by atoms with Gasteiger partial charge in [0, 0.05) is 5.56 Å². The van der Waals surface area contributed by atoms with E-state index in [1.165, 1.54) is 17.6 Å². The fraction of sp³-hybridized carbons (Fsp3) is 0.100. The summed E-state index contributed by atoms with van der Waals surface area (Å²) >= 11 is 8.18. The summed E-state index contributed by atoms with van der Waals surface area (Å²) in [4.78, 5) is 12.0. The maximum absolute atomic E-state index is 12.0. The monoisotopic (exact) mass is 348 g/mol. The Morgan fingerprint density at radius 2 is 2.13 bits per heavy atom. The average Bonchev–Trinajstić information content (AvgIpc) is 2.71. The van der Waals surface area contributed by atoms with Gasteiger partial charge in [-0.15, -0.1) is 11.3 Å². The first-order valence-electron chi connectivity index (χ1n) is 4.12. The minimum absolute atomic E-state index is 0.0272. The van der Waals surface area contributed by atoms with Crippen molar-refractivity contribution in [3.05, 3.63) is 42.9 Å². The first-order chi connectivity index (χ1) is 7.08. The molecular weight excluding hydrogens is 344 g/mol. The third-order valence-electron chi connectivity index (χ3n) is 1.89. The van der Waals surface area contributed by atoms with Gasteiger partial charge in [-0.1, -0.05) is 0 Å². The maximum Gasteiger partial charge on any atom is 0.198 e. The predicted octanol–water partition coefficient (Wildman–Crippen LogP) is 4.41. The number of hydrogen-bond donors (Lipinski definition) is 0. The van der Waals surface area contributed by atoms with Crippen molar-refractivity contribution in [3.8, 4) is 0 Å². The molecule has 0 unspecified atom stereocenters. The molecule has 0 aliphatic carbocycles. The number of furan rings is 1. The molecule has 0 fully saturated rings. The van der Waals surface area contributed by atoms with Crippen molar-refractivity contribution in [1.82, 2.24) is 0 Å². The zero-order valence-corrected chi connectivity index (χ0v) is 11.7. The van der Waals surface area contributed by atoms with Crippen molar-refractivity contribution in [2.75, 3.05) is 0 Å². The van der Waals surface area contributed by atoms with Gasteiger partial charge in [0.05, 0.1) is 13.1 Å². The molecule has 0 saturated carbocycles. The van der Waals surface area contributed by atoms with Gasteiger partial charge in [0.15, 0.2) is 5.78 Å². The van der Waals surface area contributed by atoms with Crippen LogP contribution in [0.2, 0.25) is 0 Å². The van der Waals surface area contributed by atoms with Crippen LogP contribution < -0.4 is 0 Å². The van der Waals surface area contributed by atoms with Gasteiger partial charge < -0.3 is 4.42 Å². The van der Waals surface area contributed by atoms with Crippen LogP contribution in [0.15, 0.2) is 30.4 Å². The molecule has 0 atom stereocenters. The van der Waals surface area contributed by atoms with E-state index in [4.69, 9.17) is 4.42 Å². The Labute approximate surface area is 108 Å². The molecule has 2 aromatic heterocycles. The number of hydrogen-bond acceptors (Lipinski definition) is 3. The highest BCUT2D eigenvalue weighted by Crippen LogP contribution is 2.33. The normalized spacial score (nSPS) is 10.6. The number of carbonyl (C=O) groups is 1. The second-order valence-electron chi connectivity index (χ2n) is 3.01. The summed E-state index contributed by atoms with van der Waals surface area (Å²) in [5, 5.41) is 0. The smallest absolute Gasteiger partial charge is 0.198 e. The van der Waals surface area contributed by atoms with Gasteiger partial charge in [0.1, 0.15) is 12.0 Å². The molecule has 15 heavy (non-hydrogen) atoms. The number of aryl methyl sites for hydroxylation is 1. The molecule has 0 aliphatic heterocycles. The Balaban J connectivity index is 2.40. The molecule has 78 valence electrons. The van der Waals surface area contributed by atoms with Gasteiger partial charge in [0.25, 0.3) is 0 Å². The molecule has 0 radical (unpaired) electrons. The van der Waals surface area contributed by atoms with Crippen molar-refractivity contribution < 1.29 is 9.21 Å². The van der Waals surface area contributed by atoms with E-state index in [1.807, 2.05) is 6.92 Å². The molecule has 2 nitrogen and oxygen atoms in total. The average molecular weight is 350 g/mol. The number of ketones is 1. The predicted molar refractivity (Wildman–Crippen MR) is 66.6 cm³/mol. The highest BCUT2D eigenvalue weighted by molar-refractivity contribution is 9.12. The van der Waals surface area contributed by atoms with Crippen molar-refractivity contribution in [1.29, 1.82) is 0 Å². The Morgan fingerprint density at radius 1 is 1.40 bits per heavy atom. The third kappa shape index (κ3) is 2.24. The summed E-state index contributed by atoms with van der Waals surface area (Å²) in [6.45, 7) is 1.81. The highest BCUT2D eigenvalue weighted by atomic mass is 79.9. The van der Waals surface area contributed by atoms with E-state index < -0.39 is 0 Å². The summed E-state index contributed by atoms with van der Waals surface area (Å²) in [5.74, 6) is 0.712. The van der Waals surface area contributed by atoms with Crippen LogP contribution in [-0.4, -0.2) is 5.78 Å². The van der Waals surface area contributed by atoms with E-state index in [0.717, 1.165) is 13.3 Å². The van der Waals surface area contributed by atoms with Crippen LogP contribution in [0.1, 0.15) is 21.7 Å². The third-order valence-corrected chi connectivity index (χ3v) is 4.23. The lowest BCUT2D eigenvalue weighted by Crippen LogP contribution is -1.97. The van der Waals surface area contributed by atoms with Gasteiger partial charge >= 0.3 is 0 Å². The zero-order valence-electron chi connectivity index (χ0n) is 7.71. The van der Waals surface area contributed by atoms with Crippen molar-refractivity contribution in [3.63, 3.8) is 0 Å². The van der Waals surface area contributed by atoms with Crippen LogP contribution in [0, 0.1) is 6.92 Å². The molecule has 5 heteroatoms. The fourth-order valence-corrected chi connectivity index (χ4v) is 4.01. The Kier molecular flexibility index (Phi) is 3.13. The van der Waals surface area contributed by atoms with E-state index in [0.29, 0.717) is 11.1 Å². The van der Waals surface area contributed by atoms with Crippen LogP contribution in [0.4, 0.5) is 0 Å². The minimum atomic E-state index is -0.0272. The number of carbonyl (C=O) groups excluding carboxylic acids is 1. The van der Waals surface area contributed by atoms with Gasteiger partial charge in [-0.25, -0.2) is 0 Å². The quantitative estimate of drug-likeness (QED) is 0.752. The summed E-state index contributed by atoms with van der Waals surface area (Å²) in [6.07, 6.45) is 1.48. The van der Waals surface area contributed by atoms with Crippen LogP contribution in [-0.2, 0) is 0 Å². The topological polar surface area (TPSA) is 30.2 Å². The lowest BCUT2D eigenvalue weighted by Gasteiger charge is -1.93. The van der Waals surface area contributed by atoms with E-state index in [9.17, 15) is 4.79 Å². The molecule has 0 amide bonds. The van der Waals surface area contributed by atoms with Crippen LogP contribution in [0.3, 0.4) is 0 Å². The Morgan fingerprint density at radius 3 is 2.60 bits per heavy atom. The standard InChI is InChI=1S/C10H6Br2O2S/c1-5-2-6(4-14-5)9(13)7-3-8(11)15-10(7)12/h2-4H,1H3. The first-order valence-corrected chi connectivity index (χ1v) is 6.53. The Bertz CT molecular complexity index is 513. The largest absolute Gasteiger partial charge is 0.469 e. The van der Waals surface area contributed by atoms with Gasteiger partial charge in [-0.3, -0.25) is 4.79 Å². The van der Waals surface area contributed by atoms with Crippen molar-refractivity contribution >= 4 is 49.0 Å². The number of halogens is 2. The molecule has 2 aromatic rings. The fourth-order valence-electron chi connectivity index (χ4n) is 1.21. The lowest BCUT2D eigenvalue weighted by molar-refractivity contribution is 0.103. The minimum Gasteiger partial charge on any atom is -0.469 e. The molecule has 0 saturated heterocycles. The van der Waals surface area contributed by atoms with Crippen LogP contribution in [0.25, 0.3) is 0 Å². The summed E-state index contributed by atoms with van der Waals surface area (Å²) in [7, 11) is 0. The molecule has 0 bridgehead atoms. The SMILES string of the molecule is Cc1cc(C(=O)c2cc(Br)sc2Br)co1. The van der Waals surface area contributed by atoms with Crippen molar-refractivity contribution in [2.45, 2.75) is 6.92 Å². The number of rotatable bonds is 2. The Hall–Kier alpha value is -0.390. The summed E-state index contributed by atoms with van der Waals surface area (Å²) in [6, 6.07) is 3.54. The maximum atomic E-state index is 12.0. The number of thiophene rings is 1. The van der Waals surface area contributed by atoms with Crippen LogP contribution >= 0.6 is 43.2 Å². The molecule has 2 heterocycles. The van der Waals surface area contributed by atoms with Crippen LogP contribution in [0.5, 0.6) is 0 Å². The first kappa shape index (κ1) is 11.1. The van der Waals surface area contributed by atoms with E-state index >= 15 is 0 Å². The zero-order chi connectivity index (χ0) is 11.0. The second kappa shape index (κ2) is 4.23. The van der Waals surface area contributed by atoms with Gasteiger partial charge in [-0.2, -0.15) is 0 Å². The summed E-state index contributed by atoms with van der Waals surface area (Å²) in [5.41, 5.74) is 1.24. The second-order valence-corrected chi connectivity index (χ2v) is 6.76. The van der Waals surface area contributed by atoms with Gasteiger partial charge in [-0.05, 0) is 50.9 Å². The molecule has 2 rings (SSSR count). The lowest BCUT2D eigenvalue weighted by atomic mass is 10.1. The van der Waals surface area contributed by atoms with Gasteiger partial charge in [0.2, 0.25) is 0 Å². The summed E-state index contributed by atoms with van der Waals surface area (Å²) < 4.78 is 6.87. The molecular formula is C10H6Br2O2S. The molecule has 0 aliphatic rings.